The number of rotatable bonds is 36. The summed E-state index contributed by atoms with van der Waals surface area (Å²) in [6, 6.07) is 0. The fraction of sp³-hybridized carbons (Fsp3) is 1.00. The summed E-state index contributed by atoms with van der Waals surface area (Å²) in [6.45, 7) is 14.2. The smallest absolute Gasteiger partial charge is 0.0948 e. The van der Waals surface area contributed by atoms with Gasteiger partial charge in [0.2, 0.25) is 0 Å². The summed E-state index contributed by atoms with van der Waals surface area (Å²) in [7, 11) is -4.19. The molecule has 0 amide bonds. The van der Waals surface area contributed by atoms with Crippen molar-refractivity contribution in [1.29, 1.82) is 0 Å². The van der Waals surface area contributed by atoms with Gasteiger partial charge in [0.15, 0.2) is 0 Å². The average Bonchev–Trinajstić information content (AvgIpc) is 3.01. The molecule has 0 radical (unpaired) electrons. The van der Waals surface area contributed by atoms with Gasteiger partial charge in [-0.1, -0.05) is 142 Å². The molecule has 2 unspecified atom stereocenters. The van der Waals surface area contributed by atoms with Gasteiger partial charge in [-0.25, -0.2) is 8.42 Å². The molecule has 46 heavy (non-hydrogen) atoms. The Bertz CT molecular complexity index is 715. The molecule has 8 heteroatoms. The van der Waals surface area contributed by atoms with Crippen LogP contribution in [0.2, 0.25) is 0 Å². The van der Waals surface area contributed by atoms with E-state index in [9.17, 15) is 23.2 Å². The molecule has 0 fully saturated rings. The highest BCUT2D eigenvalue weighted by Crippen LogP contribution is 2.16. The molecular formula is C38H80N2O5S. The van der Waals surface area contributed by atoms with E-state index in [1.54, 1.807) is 0 Å². The van der Waals surface area contributed by atoms with Crippen molar-refractivity contribution in [2.75, 3.05) is 51.6 Å². The van der Waals surface area contributed by atoms with E-state index in [2.05, 4.69) is 32.6 Å². The van der Waals surface area contributed by atoms with Gasteiger partial charge in [0.25, 0.3) is 0 Å². The summed E-state index contributed by atoms with van der Waals surface area (Å²) in [5.74, 6) is -0.296. The lowest BCUT2D eigenvalue weighted by molar-refractivity contribution is -0.925. The van der Waals surface area contributed by atoms with Crippen LogP contribution in [0.5, 0.6) is 0 Å². The van der Waals surface area contributed by atoms with E-state index in [1.165, 1.54) is 116 Å². The minimum absolute atomic E-state index is 0.296. The quantitative estimate of drug-likeness (QED) is 0.0391. The first-order valence-electron chi connectivity index (χ1n) is 20.0. The van der Waals surface area contributed by atoms with Crippen LogP contribution >= 0.6 is 0 Å². The van der Waals surface area contributed by atoms with Gasteiger partial charge < -0.3 is 19.2 Å². The largest absolute Gasteiger partial charge is 0.748 e. The lowest BCUT2D eigenvalue weighted by atomic mass is 10.0. The normalized spacial score (nSPS) is 13.9. The van der Waals surface area contributed by atoms with Crippen LogP contribution in [0.15, 0.2) is 0 Å². The van der Waals surface area contributed by atoms with Crippen molar-refractivity contribution >= 4 is 10.1 Å². The van der Waals surface area contributed by atoms with E-state index in [4.69, 9.17) is 0 Å². The second kappa shape index (κ2) is 30.8. The van der Waals surface area contributed by atoms with E-state index < -0.39 is 10.1 Å². The van der Waals surface area contributed by atoms with Crippen LogP contribution in [0.25, 0.3) is 0 Å². The zero-order valence-corrected chi connectivity index (χ0v) is 32.0. The number of hydrogen-bond acceptors (Lipinski definition) is 6. The van der Waals surface area contributed by atoms with Gasteiger partial charge >= 0.3 is 0 Å². The summed E-state index contributed by atoms with van der Waals surface area (Å²) >= 11 is 0. The van der Waals surface area contributed by atoms with Gasteiger partial charge in [0.1, 0.15) is 0 Å². The third kappa shape index (κ3) is 28.7. The molecule has 0 aliphatic rings. The molecule has 0 saturated carbocycles. The highest BCUT2D eigenvalue weighted by molar-refractivity contribution is 7.85. The third-order valence-electron chi connectivity index (χ3n) is 10.2. The van der Waals surface area contributed by atoms with Crippen LogP contribution < -0.4 is 0 Å². The maximum absolute atomic E-state index is 11.2. The van der Waals surface area contributed by atoms with Crippen molar-refractivity contribution < 1.29 is 27.7 Å². The van der Waals surface area contributed by atoms with Gasteiger partial charge in [-0.15, -0.1) is 0 Å². The monoisotopic (exact) mass is 677 g/mol. The Hall–Kier alpha value is -0.250. The molecule has 0 saturated heterocycles. The second-order valence-electron chi connectivity index (χ2n) is 14.4. The maximum Gasteiger partial charge on any atom is 0.0948 e. The van der Waals surface area contributed by atoms with E-state index in [0.717, 1.165) is 62.8 Å². The predicted octanol–water partition coefficient (Wildman–Crippen LogP) is 8.81. The molecule has 7 nitrogen and oxygen atoms in total. The first kappa shape index (κ1) is 45.8. The molecule has 0 aromatic heterocycles. The van der Waals surface area contributed by atoms with E-state index in [0.29, 0.717) is 26.1 Å². The standard InChI is InChI=1S/C38H80N2O5S/c1-5-9-11-13-15-17-19-21-23-25-29-37(41)35-39(31-27-32-40(7-3,8-4)33-28-34-46(43,44)45)36-38(42)30-26-24-22-20-18-16-14-12-10-6-2/h37-38,41-42H,5-36H2,1-4H3. The van der Waals surface area contributed by atoms with Crippen molar-refractivity contribution in [2.24, 2.45) is 0 Å². The van der Waals surface area contributed by atoms with E-state index >= 15 is 0 Å². The van der Waals surface area contributed by atoms with Crippen molar-refractivity contribution in [3.8, 4) is 0 Å². The van der Waals surface area contributed by atoms with Gasteiger partial charge in [0.05, 0.1) is 48.5 Å². The van der Waals surface area contributed by atoms with Crippen molar-refractivity contribution in [3.63, 3.8) is 0 Å². The molecular weight excluding hydrogens is 596 g/mol. The van der Waals surface area contributed by atoms with Crippen molar-refractivity contribution in [3.05, 3.63) is 0 Å². The highest BCUT2D eigenvalue weighted by Gasteiger charge is 2.24. The molecule has 0 heterocycles. The molecule has 0 aliphatic heterocycles. The fourth-order valence-corrected chi connectivity index (χ4v) is 7.43. The van der Waals surface area contributed by atoms with E-state index in [-0.39, 0.29) is 18.0 Å². The maximum atomic E-state index is 11.2. The predicted molar refractivity (Wildman–Crippen MR) is 196 cm³/mol. The Morgan fingerprint density at radius 3 is 1.24 bits per heavy atom. The minimum atomic E-state index is -4.19. The van der Waals surface area contributed by atoms with Gasteiger partial charge in [-0.3, -0.25) is 4.90 Å². The van der Waals surface area contributed by atoms with Crippen LogP contribution in [0.4, 0.5) is 0 Å². The summed E-state index contributed by atoms with van der Waals surface area (Å²) in [6.07, 6.45) is 27.9. The number of aliphatic hydroxyl groups is 2. The van der Waals surface area contributed by atoms with Crippen molar-refractivity contribution in [1.82, 2.24) is 4.90 Å². The molecule has 2 N–H and O–H groups in total. The lowest BCUT2D eigenvalue weighted by Gasteiger charge is -2.38. The SMILES string of the molecule is CCCCCCCCCCCCC(O)CN(CCC[N+](CC)(CC)CCCS(=O)(=O)[O-])CC(O)CCCCCCCCCCCC. The Balaban J connectivity index is 4.70. The van der Waals surface area contributed by atoms with Crippen LogP contribution in [0.1, 0.15) is 182 Å². The second-order valence-corrected chi connectivity index (χ2v) is 15.9. The molecule has 0 aromatic rings. The molecule has 0 bridgehead atoms. The number of unbranched alkanes of at least 4 members (excludes halogenated alkanes) is 18. The minimum Gasteiger partial charge on any atom is -0.748 e. The number of aliphatic hydroxyl groups excluding tert-OH is 2. The fourth-order valence-electron chi connectivity index (χ4n) is 6.94. The molecule has 2 atom stereocenters. The first-order valence-corrected chi connectivity index (χ1v) is 21.6. The Morgan fingerprint density at radius 1 is 0.543 bits per heavy atom. The van der Waals surface area contributed by atoms with Gasteiger partial charge in [-0.05, 0) is 26.7 Å². The lowest BCUT2D eigenvalue weighted by Crippen LogP contribution is -2.50. The molecule has 0 spiro atoms. The van der Waals surface area contributed by atoms with Gasteiger partial charge in [0, 0.05) is 38.2 Å². The summed E-state index contributed by atoms with van der Waals surface area (Å²) in [5, 5.41) is 21.9. The number of nitrogens with zero attached hydrogens (tertiary/aromatic N) is 2. The zero-order chi connectivity index (χ0) is 34.4. The summed E-state index contributed by atoms with van der Waals surface area (Å²) in [4.78, 5) is 2.27. The Morgan fingerprint density at radius 2 is 0.891 bits per heavy atom. The molecule has 0 aromatic carbocycles. The summed E-state index contributed by atoms with van der Waals surface area (Å²) in [5.41, 5.74) is 0. The molecule has 278 valence electrons. The van der Waals surface area contributed by atoms with Crippen LogP contribution in [0.3, 0.4) is 0 Å². The average molecular weight is 677 g/mol. The number of quaternary nitrogens is 1. The number of hydrogen-bond donors (Lipinski definition) is 2. The van der Waals surface area contributed by atoms with E-state index in [1.807, 2.05) is 0 Å². The highest BCUT2D eigenvalue weighted by atomic mass is 32.2. The van der Waals surface area contributed by atoms with Crippen LogP contribution in [0, 0.1) is 0 Å². The molecule has 0 rings (SSSR count). The zero-order valence-electron chi connectivity index (χ0n) is 31.2. The first-order chi connectivity index (χ1) is 22.1. The Labute approximate surface area is 287 Å². The van der Waals surface area contributed by atoms with Crippen LogP contribution in [-0.4, -0.2) is 96.3 Å². The third-order valence-corrected chi connectivity index (χ3v) is 11.0. The van der Waals surface area contributed by atoms with Crippen LogP contribution in [-0.2, 0) is 10.1 Å². The molecule has 0 aliphatic carbocycles. The Kier molecular flexibility index (Phi) is 30.6. The van der Waals surface area contributed by atoms with Gasteiger partial charge in [-0.2, -0.15) is 0 Å². The van der Waals surface area contributed by atoms with Crippen molar-refractivity contribution in [2.45, 2.75) is 194 Å². The summed E-state index contributed by atoms with van der Waals surface area (Å²) < 4.78 is 34.3. The topological polar surface area (TPSA) is 101 Å².